The Balaban J connectivity index is 1.89. The lowest BCUT2D eigenvalue weighted by molar-refractivity contribution is -0.129. The van der Waals surface area contributed by atoms with Gasteiger partial charge in [0.2, 0.25) is 5.91 Å². The van der Waals surface area contributed by atoms with Crippen LogP contribution in [-0.4, -0.2) is 28.9 Å². The maximum absolute atomic E-state index is 12.3. The highest BCUT2D eigenvalue weighted by molar-refractivity contribution is 7.09. The number of benzene rings is 1. The fraction of sp³-hybridized carbons (Fsp3) is 0.263. The zero-order valence-corrected chi connectivity index (χ0v) is 14.7. The Morgan fingerprint density at radius 2 is 1.92 bits per heavy atom. The Hall–Kier alpha value is -2.40. The van der Waals surface area contributed by atoms with Crippen LogP contribution in [0, 0.1) is 6.92 Å². The molecule has 0 spiro atoms. The first-order valence-corrected chi connectivity index (χ1v) is 8.62. The summed E-state index contributed by atoms with van der Waals surface area (Å²) in [6.45, 7) is 10.8. The zero-order chi connectivity index (χ0) is 17.4. The molecule has 1 aromatic carbocycles. The Bertz CT molecular complexity index is 682. The summed E-state index contributed by atoms with van der Waals surface area (Å²) in [6.07, 6.45) is 3.70. The summed E-state index contributed by atoms with van der Waals surface area (Å²) >= 11 is 1.51. The van der Waals surface area contributed by atoms with Crippen molar-refractivity contribution < 1.29 is 9.53 Å². The standard InChI is InChI=1S/C19H22N2O2S/c1-4-10-21(11-5-2)19(22)12-16-14-24-18(20-16)13-23-17-8-6-15(3)7-9-17/h4-9,14H,1-2,10-13H2,3H3. The Morgan fingerprint density at radius 1 is 1.25 bits per heavy atom. The Morgan fingerprint density at radius 3 is 2.54 bits per heavy atom. The van der Waals surface area contributed by atoms with Gasteiger partial charge in [-0.2, -0.15) is 0 Å². The highest BCUT2D eigenvalue weighted by atomic mass is 32.1. The first-order valence-electron chi connectivity index (χ1n) is 7.74. The maximum atomic E-state index is 12.3. The van der Waals surface area contributed by atoms with E-state index in [9.17, 15) is 4.79 Å². The summed E-state index contributed by atoms with van der Waals surface area (Å²) in [5, 5.41) is 2.77. The minimum atomic E-state index is 0.0195. The topological polar surface area (TPSA) is 42.4 Å². The van der Waals surface area contributed by atoms with E-state index in [2.05, 4.69) is 18.1 Å². The van der Waals surface area contributed by atoms with Crippen molar-refractivity contribution in [1.29, 1.82) is 0 Å². The van der Waals surface area contributed by atoms with E-state index in [0.717, 1.165) is 16.5 Å². The van der Waals surface area contributed by atoms with Crippen molar-refractivity contribution in [3.63, 3.8) is 0 Å². The van der Waals surface area contributed by atoms with Gasteiger partial charge in [0.05, 0.1) is 12.1 Å². The number of carbonyl (C=O) groups is 1. The minimum Gasteiger partial charge on any atom is -0.486 e. The number of hydrogen-bond acceptors (Lipinski definition) is 4. The molecule has 2 rings (SSSR count). The molecule has 0 atom stereocenters. The van der Waals surface area contributed by atoms with Crippen LogP contribution in [0.3, 0.4) is 0 Å². The van der Waals surface area contributed by atoms with Gasteiger partial charge in [-0.05, 0) is 19.1 Å². The lowest BCUT2D eigenvalue weighted by Gasteiger charge is -2.18. The van der Waals surface area contributed by atoms with E-state index in [1.807, 2.05) is 36.6 Å². The average molecular weight is 342 g/mol. The highest BCUT2D eigenvalue weighted by Crippen LogP contribution is 2.16. The molecule has 0 N–H and O–H groups in total. The summed E-state index contributed by atoms with van der Waals surface area (Å²) in [6, 6.07) is 7.90. The number of aromatic nitrogens is 1. The summed E-state index contributed by atoms with van der Waals surface area (Å²) in [7, 11) is 0. The molecule has 1 aromatic heterocycles. The molecule has 1 amide bonds. The predicted octanol–water partition coefficient (Wildman–Crippen LogP) is 3.77. The van der Waals surface area contributed by atoms with Gasteiger partial charge in [0.1, 0.15) is 17.4 Å². The molecule has 5 heteroatoms. The van der Waals surface area contributed by atoms with Crippen LogP contribution in [0.5, 0.6) is 5.75 Å². The van der Waals surface area contributed by atoms with E-state index in [0.29, 0.717) is 19.7 Å². The first-order chi connectivity index (χ1) is 11.6. The zero-order valence-electron chi connectivity index (χ0n) is 13.9. The molecule has 0 unspecified atom stereocenters. The van der Waals surface area contributed by atoms with E-state index >= 15 is 0 Å². The second-order valence-electron chi connectivity index (χ2n) is 5.39. The van der Waals surface area contributed by atoms with E-state index in [-0.39, 0.29) is 12.3 Å². The van der Waals surface area contributed by atoms with Crippen LogP contribution >= 0.6 is 11.3 Å². The smallest absolute Gasteiger partial charge is 0.229 e. The Labute approximate surface area is 147 Å². The first kappa shape index (κ1) is 17.9. The van der Waals surface area contributed by atoms with Gasteiger partial charge in [-0.25, -0.2) is 4.98 Å². The van der Waals surface area contributed by atoms with Crippen molar-refractivity contribution in [2.45, 2.75) is 20.0 Å². The van der Waals surface area contributed by atoms with Gasteiger partial charge in [0.15, 0.2) is 0 Å². The van der Waals surface area contributed by atoms with Crippen molar-refractivity contribution in [2.24, 2.45) is 0 Å². The van der Waals surface area contributed by atoms with Gasteiger partial charge in [-0.1, -0.05) is 29.8 Å². The van der Waals surface area contributed by atoms with Crippen LogP contribution in [0.15, 0.2) is 55.0 Å². The van der Waals surface area contributed by atoms with Gasteiger partial charge >= 0.3 is 0 Å². The molecule has 126 valence electrons. The number of rotatable bonds is 9. The van der Waals surface area contributed by atoms with Crippen LogP contribution in [0.25, 0.3) is 0 Å². The number of nitrogens with zero attached hydrogens (tertiary/aromatic N) is 2. The van der Waals surface area contributed by atoms with Gasteiger partial charge in [-0.3, -0.25) is 4.79 Å². The van der Waals surface area contributed by atoms with E-state index in [4.69, 9.17) is 4.74 Å². The van der Waals surface area contributed by atoms with Crippen LogP contribution in [0.4, 0.5) is 0 Å². The van der Waals surface area contributed by atoms with Gasteiger partial charge < -0.3 is 9.64 Å². The van der Waals surface area contributed by atoms with Crippen molar-refractivity contribution in [3.05, 3.63) is 71.2 Å². The minimum absolute atomic E-state index is 0.0195. The average Bonchev–Trinajstić information content (AvgIpc) is 3.01. The fourth-order valence-electron chi connectivity index (χ4n) is 2.13. The molecule has 0 fully saturated rings. The van der Waals surface area contributed by atoms with Gasteiger partial charge in [0, 0.05) is 18.5 Å². The lowest BCUT2D eigenvalue weighted by Crippen LogP contribution is -2.32. The van der Waals surface area contributed by atoms with Crippen molar-refractivity contribution in [3.8, 4) is 5.75 Å². The summed E-state index contributed by atoms with van der Waals surface area (Å²) in [4.78, 5) is 18.5. The number of aryl methyl sites for hydroxylation is 1. The van der Waals surface area contributed by atoms with Crippen molar-refractivity contribution in [2.75, 3.05) is 13.1 Å². The Kier molecular flexibility index (Phi) is 6.75. The van der Waals surface area contributed by atoms with Crippen LogP contribution in [0.2, 0.25) is 0 Å². The molecule has 1 heterocycles. The number of hydrogen-bond donors (Lipinski definition) is 0. The van der Waals surface area contributed by atoms with Gasteiger partial charge in [0.25, 0.3) is 0 Å². The molecule has 0 radical (unpaired) electrons. The molecule has 0 aliphatic carbocycles. The largest absolute Gasteiger partial charge is 0.486 e. The molecular formula is C19H22N2O2S. The molecule has 24 heavy (non-hydrogen) atoms. The molecule has 0 saturated heterocycles. The van der Waals surface area contributed by atoms with Crippen LogP contribution in [0.1, 0.15) is 16.3 Å². The third-order valence-electron chi connectivity index (χ3n) is 3.37. The maximum Gasteiger partial charge on any atom is 0.229 e. The third-order valence-corrected chi connectivity index (χ3v) is 4.24. The second kappa shape index (κ2) is 9.03. The quantitative estimate of drug-likeness (QED) is 0.652. The van der Waals surface area contributed by atoms with E-state index in [1.54, 1.807) is 17.1 Å². The van der Waals surface area contributed by atoms with Crippen molar-refractivity contribution >= 4 is 17.2 Å². The lowest BCUT2D eigenvalue weighted by atomic mass is 10.2. The summed E-state index contributed by atoms with van der Waals surface area (Å²) in [5.41, 5.74) is 1.96. The number of ether oxygens (including phenoxy) is 1. The SMILES string of the molecule is C=CCN(CC=C)C(=O)Cc1csc(COc2ccc(C)cc2)n1. The molecule has 0 bridgehead atoms. The molecule has 2 aromatic rings. The number of thiazole rings is 1. The summed E-state index contributed by atoms with van der Waals surface area (Å²) < 4.78 is 5.72. The van der Waals surface area contributed by atoms with E-state index < -0.39 is 0 Å². The monoisotopic (exact) mass is 342 g/mol. The molecule has 0 aliphatic heterocycles. The normalized spacial score (nSPS) is 10.2. The third kappa shape index (κ3) is 5.35. The second-order valence-corrected chi connectivity index (χ2v) is 6.33. The number of amides is 1. The van der Waals surface area contributed by atoms with E-state index in [1.165, 1.54) is 16.9 Å². The molecule has 4 nitrogen and oxygen atoms in total. The highest BCUT2D eigenvalue weighted by Gasteiger charge is 2.13. The fourth-order valence-corrected chi connectivity index (χ4v) is 2.84. The van der Waals surface area contributed by atoms with Crippen LogP contribution < -0.4 is 4.74 Å². The molecular weight excluding hydrogens is 320 g/mol. The predicted molar refractivity (Wildman–Crippen MR) is 98.3 cm³/mol. The molecule has 0 saturated carbocycles. The van der Waals surface area contributed by atoms with Gasteiger partial charge in [-0.15, -0.1) is 24.5 Å². The molecule has 0 aliphatic rings. The van der Waals surface area contributed by atoms with Crippen LogP contribution in [-0.2, 0) is 17.8 Å². The van der Waals surface area contributed by atoms with Crippen molar-refractivity contribution in [1.82, 2.24) is 9.88 Å². The summed E-state index contributed by atoms with van der Waals surface area (Å²) in [5.74, 6) is 0.836. The number of carbonyl (C=O) groups excluding carboxylic acids is 1.